The van der Waals surface area contributed by atoms with Crippen LogP contribution >= 0.6 is 0 Å². The molecule has 0 aliphatic rings. The third-order valence-electron chi connectivity index (χ3n) is 2.67. The zero-order chi connectivity index (χ0) is 14.6. The van der Waals surface area contributed by atoms with E-state index in [1.807, 2.05) is 20.8 Å². The molecule has 3 N–H and O–H groups in total. The Balaban J connectivity index is 2.96. The third kappa shape index (κ3) is 4.13. The van der Waals surface area contributed by atoms with Gasteiger partial charge in [-0.2, -0.15) is 0 Å². The van der Waals surface area contributed by atoms with Gasteiger partial charge >= 0.3 is 0 Å². The molecule has 0 radical (unpaired) electrons. The van der Waals surface area contributed by atoms with Crippen LogP contribution < -0.4 is 20.5 Å². The van der Waals surface area contributed by atoms with Crippen molar-refractivity contribution in [2.45, 2.75) is 32.7 Å². The Morgan fingerprint density at radius 1 is 1.32 bits per heavy atom. The largest absolute Gasteiger partial charge is 0.496 e. The van der Waals surface area contributed by atoms with Crippen molar-refractivity contribution < 1.29 is 14.3 Å². The van der Waals surface area contributed by atoms with Crippen molar-refractivity contribution in [2.24, 2.45) is 5.73 Å². The highest BCUT2D eigenvalue weighted by Gasteiger charge is 2.18. The normalized spacial score (nSPS) is 11.1. The molecule has 1 aromatic rings. The lowest BCUT2D eigenvalue weighted by molar-refractivity contribution is -0.117. The van der Waals surface area contributed by atoms with E-state index >= 15 is 0 Å². The fourth-order valence-corrected chi connectivity index (χ4v) is 1.86. The lowest BCUT2D eigenvalue weighted by Crippen LogP contribution is -2.36. The van der Waals surface area contributed by atoms with Gasteiger partial charge in [-0.05, 0) is 32.9 Å². The standard InChI is InChI=1S/C14H22N2O3/c1-9-11(18-4)7-6-10(13(9)19-5)16-12(17)8-14(2,3)15/h6-7H,8,15H2,1-5H3,(H,16,17). The highest BCUT2D eigenvalue weighted by atomic mass is 16.5. The minimum Gasteiger partial charge on any atom is -0.496 e. The predicted molar refractivity (Wildman–Crippen MR) is 75.8 cm³/mol. The SMILES string of the molecule is COc1ccc(NC(=O)CC(C)(C)N)c(OC)c1C. The Bertz CT molecular complexity index is 464. The van der Waals surface area contributed by atoms with Gasteiger partial charge in [-0.25, -0.2) is 0 Å². The maximum atomic E-state index is 11.9. The molecular weight excluding hydrogens is 244 g/mol. The zero-order valence-electron chi connectivity index (χ0n) is 12.2. The Labute approximate surface area is 114 Å². The maximum Gasteiger partial charge on any atom is 0.226 e. The first-order valence-electron chi connectivity index (χ1n) is 6.09. The molecule has 0 spiro atoms. The number of rotatable bonds is 5. The summed E-state index contributed by atoms with van der Waals surface area (Å²) in [4.78, 5) is 11.9. The summed E-state index contributed by atoms with van der Waals surface area (Å²) in [6.07, 6.45) is 0.237. The second kappa shape index (κ2) is 5.93. The molecule has 0 heterocycles. The summed E-state index contributed by atoms with van der Waals surface area (Å²) < 4.78 is 10.5. The van der Waals surface area contributed by atoms with Crippen LogP contribution in [0.2, 0.25) is 0 Å². The minimum absolute atomic E-state index is 0.143. The van der Waals surface area contributed by atoms with Crippen LogP contribution in [0.25, 0.3) is 0 Å². The quantitative estimate of drug-likeness (QED) is 0.855. The van der Waals surface area contributed by atoms with Crippen LogP contribution in [0, 0.1) is 6.92 Å². The average molecular weight is 266 g/mol. The predicted octanol–water partition coefficient (Wildman–Crippen LogP) is 2.08. The van der Waals surface area contributed by atoms with E-state index < -0.39 is 5.54 Å². The molecule has 0 aliphatic carbocycles. The van der Waals surface area contributed by atoms with E-state index in [2.05, 4.69) is 5.32 Å². The molecule has 0 unspecified atom stereocenters. The van der Waals surface area contributed by atoms with Crippen LogP contribution in [0.3, 0.4) is 0 Å². The summed E-state index contributed by atoms with van der Waals surface area (Å²) in [6.45, 7) is 5.49. The molecule has 0 saturated heterocycles. The Hall–Kier alpha value is -1.75. The number of carbonyl (C=O) groups excluding carboxylic acids is 1. The van der Waals surface area contributed by atoms with E-state index in [1.165, 1.54) is 0 Å². The highest BCUT2D eigenvalue weighted by Crippen LogP contribution is 2.35. The molecule has 106 valence electrons. The van der Waals surface area contributed by atoms with E-state index in [0.29, 0.717) is 17.2 Å². The molecule has 1 amide bonds. The number of nitrogens with two attached hydrogens (primary N) is 1. The van der Waals surface area contributed by atoms with E-state index in [-0.39, 0.29) is 12.3 Å². The van der Waals surface area contributed by atoms with E-state index in [9.17, 15) is 4.79 Å². The summed E-state index contributed by atoms with van der Waals surface area (Å²) in [5.74, 6) is 1.17. The zero-order valence-corrected chi connectivity index (χ0v) is 12.2. The number of nitrogens with one attached hydrogen (secondary N) is 1. The number of carbonyl (C=O) groups is 1. The van der Waals surface area contributed by atoms with Crippen LogP contribution in [-0.4, -0.2) is 25.7 Å². The van der Waals surface area contributed by atoms with Crippen molar-refractivity contribution in [1.29, 1.82) is 0 Å². The topological polar surface area (TPSA) is 73.6 Å². The lowest BCUT2D eigenvalue weighted by atomic mass is 10.0. The first kappa shape index (κ1) is 15.3. The monoisotopic (exact) mass is 266 g/mol. The molecule has 0 aliphatic heterocycles. The molecule has 5 heteroatoms. The van der Waals surface area contributed by atoms with Gasteiger partial charge in [0.15, 0.2) is 0 Å². The van der Waals surface area contributed by atoms with Gasteiger partial charge in [-0.1, -0.05) is 0 Å². The van der Waals surface area contributed by atoms with Gasteiger partial charge in [0.2, 0.25) is 5.91 Å². The summed E-state index contributed by atoms with van der Waals surface area (Å²) in [5.41, 5.74) is 6.74. The van der Waals surface area contributed by atoms with E-state index in [1.54, 1.807) is 26.4 Å². The van der Waals surface area contributed by atoms with E-state index in [4.69, 9.17) is 15.2 Å². The fourth-order valence-electron chi connectivity index (χ4n) is 1.86. The lowest BCUT2D eigenvalue weighted by Gasteiger charge is -2.19. The molecule has 0 saturated carbocycles. The number of hydrogen-bond acceptors (Lipinski definition) is 4. The number of ether oxygens (including phenoxy) is 2. The molecule has 0 fully saturated rings. The second-order valence-corrected chi connectivity index (χ2v) is 5.19. The van der Waals surface area contributed by atoms with Crippen LogP contribution in [0.4, 0.5) is 5.69 Å². The van der Waals surface area contributed by atoms with Gasteiger partial charge in [-0.3, -0.25) is 4.79 Å². The smallest absolute Gasteiger partial charge is 0.226 e. The van der Waals surface area contributed by atoms with E-state index in [0.717, 1.165) is 5.56 Å². The van der Waals surface area contributed by atoms with Crippen molar-refractivity contribution in [2.75, 3.05) is 19.5 Å². The van der Waals surface area contributed by atoms with Gasteiger partial charge in [0.25, 0.3) is 0 Å². The van der Waals surface area contributed by atoms with Crippen molar-refractivity contribution in [1.82, 2.24) is 0 Å². The molecule has 0 aromatic heterocycles. The van der Waals surface area contributed by atoms with Gasteiger partial charge in [0.1, 0.15) is 11.5 Å². The molecule has 1 aromatic carbocycles. The average Bonchev–Trinajstić information content (AvgIpc) is 2.27. The molecule has 19 heavy (non-hydrogen) atoms. The number of benzene rings is 1. The van der Waals surface area contributed by atoms with Gasteiger partial charge < -0.3 is 20.5 Å². The maximum absolute atomic E-state index is 11.9. The van der Waals surface area contributed by atoms with Crippen molar-refractivity contribution in [3.05, 3.63) is 17.7 Å². The molecule has 1 rings (SSSR count). The van der Waals surface area contributed by atoms with Crippen LogP contribution in [-0.2, 0) is 4.79 Å². The summed E-state index contributed by atoms with van der Waals surface area (Å²) in [6, 6.07) is 3.55. The highest BCUT2D eigenvalue weighted by molar-refractivity contribution is 5.93. The first-order valence-corrected chi connectivity index (χ1v) is 6.09. The molecule has 0 atom stereocenters. The first-order chi connectivity index (χ1) is 8.78. The van der Waals surface area contributed by atoms with Crippen LogP contribution in [0.15, 0.2) is 12.1 Å². The van der Waals surface area contributed by atoms with Gasteiger partial charge in [-0.15, -0.1) is 0 Å². The number of anilines is 1. The summed E-state index contributed by atoms with van der Waals surface area (Å²) >= 11 is 0. The minimum atomic E-state index is -0.543. The van der Waals surface area contributed by atoms with Crippen LogP contribution in [0.1, 0.15) is 25.8 Å². The summed E-state index contributed by atoms with van der Waals surface area (Å²) in [7, 11) is 3.15. The number of amides is 1. The second-order valence-electron chi connectivity index (χ2n) is 5.19. The van der Waals surface area contributed by atoms with Gasteiger partial charge in [0, 0.05) is 17.5 Å². The Morgan fingerprint density at radius 2 is 1.95 bits per heavy atom. The van der Waals surface area contributed by atoms with Crippen LogP contribution in [0.5, 0.6) is 11.5 Å². The molecule has 0 bridgehead atoms. The number of hydrogen-bond donors (Lipinski definition) is 2. The Kier molecular flexibility index (Phi) is 4.78. The van der Waals surface area contributed by atoms with Crippen molar-refractivity contribution in [3.63, 3.8) is 0 Å². The Morgan fingerprint density at radius 3 is 2.42 bits per heavy atom. The number of methoxy groups -OCH3 is 2. The fraction of sp³-hybridized carbons (Fsp3) is 0.500. The van der Waals surface area contributed by atoms with Gasteiger partial charge in [0.05, 0.1) is 19.9 Å². The molecular formula is C14H22N2O3. The van der Waals surface area contributed by atoms with Crippen molar-refractivity contribution in [3.8, 4) is 11.5 Å². The van der Waals surface area contributed by atoms with Crippen molar-refractivity contribution >= 4 is 11.6 Å². The third-order valence-corrected chi connectivity index (χ3v) is 2.67. The molecule has 5 nitrogen and oxygen atoms in total. The summed E-state index contributed by atoms with van der Waals surface area (Å²) in [5, 5.41) is 2.81.